The molecule has 1 unspecified atom stereocenters. The highest BCUT2D eigenvalue weighted by Gasteiger charge is 2.26. The van der Waals surface area contributed by atoms with Crippen molar-refractivity contribution >= 4 is 21.6 Å². The molecule has 30 heavy (non-hydrogen) atoms. The quantitative estimate of drug-likeness (QED) is 0.387. The first-order valence-electron chi connectivity index (χ1n) is 9.56. The normalized spacial score (nSPS) is 16.9. The molecule has 0 saturated carbocycles. The van der Waals surface area contributed by atoms with E-state index in [0.29, 0.717) is 19.7 Å². The number of nitro groups is 1. The standard InChI is InChI=1S/C20H23N3O6S/c24-20(22-13-14-29-18(15-22)16-7-2-1-3-8-16)11-6-12-21-30(27,28)19-10-5-4-9-17(19)23(25)26/h1-5,7-10,18,21H,6,11-15H2. The lowest BCUT2D eigenvalue weighted by atomic mass is 10.1. The van der Waals surface area contributed by atoms with E-state index in [1.807, 2.05) is 30.3 Å². The zero-order chi connectivity index (χ0) is 21.6. The molecule has 9 nitrogen and oxygen atoms in total. The van der Waals surface area contributed by atoms with Crippen LogP contribution in [0.2, 0.25) is 0 Å². The minimum Gasteiger partial charge on any atom is -0.370 e. The third-order valence-corrected chi connectivity index (χ3v) is 6.31. The predicted molar refractivity (Wildman–Crippen MR) is 109 cm³/mol. The number of hydrogen-bond acceptors (Lipinski definition) is 6. The maximum absolute atomic E-state index is 12.5. The van der Waals surface area contributed by atoms with Crippen molar-refractivity contribution in [3.63, 3.8) is 0 Å². The molecular formula is C20H23N3O6S. The molecule has 0 bridgehead atoms. The lowest BCUT2D eigenvalue weighted by molar-refractivity contribution is -0.387. The molecule has 0 aliphatic carbocycles. The number of ether oxygens (including phenoxy) is 1. The number of para-hydroxylation sites is 1. The van der Waals surface area contributed by atoms with Gasteiger partial charge < -0.3 is 9.64 Å². The van der Waals surface area contributed by atoms with Gasteiger partial charge in [-0.05, 0) is 18.1 Å². The van der Waals surface area contributed by atoms with Gasteiger partial charge in [0.1, 0.15) is 6.10 Å². The van der Waals surface area contributed by atoms with Gasteiger partial charge in [-0.2, -0.15) is 0 Å². The van der Waals surface area contributed by atoms with Crippen molar-refractivity contribution in [2.45, 2.75) is 23.8 Å². The zero-order valence-corrected chi connectivity index (χ0v) is 17.1. The van der Waals surface area contributed by atoms with Crippen molar-refractivity contribution in [3.8, 4) is 0 Å². The molecule has 2 aromatic carbocycles. The molecule has 1 heterocycles. The molecule has 0 aromatic heterocycles. The van der Waals surface area contributed by atoms with Crippen LogP contribution in [0.5, 0.6) is 0 Å². The Morgan fingerprint density at radius 1 is 1.17 bits per heavy atom. The minimum atomic E-state index is -4.04. The molecule has 10 heteroatoms. The second-order valence-electron chi connectivity index (χ2n) is 6.84. The molecule has 160 valence electrons. The number of rotatable bonds is 8. The first-order chi connectivity index (χ1) is 14.4. The summed E-state index contributed by atoms with van der Waals surface area (Å²) in [5.41, 5.74) is 0.522. The maximum atomic E-state index is 12.5. The smallest absolute Gasteiger partial charge is 0.289 e. The van der Waals surface area contributed by atoms with Crippen LogP contribution in [0.1, 0.15) is 24.5 Å². The van der Waals surface area contributed by atoms with Crippen LogP contribution in [-0.2, 0) is 19.6 Å². The highest BCUT2D eigenvalue weighted by molar-refractivity contribution is 7.89. The third-order valence-electron chi connectivity index (χ3n) is 4.80. The van der Waals surface area contributed by atoms with E-state index in [1.54, 1.807) is 4.90 Å². The van der Waals surface area contributed by atoms with Gasteiger partial charge in [0.05, 0.1) is 18.1 Å². The highest BCUT2D eigenvalue weighted by Crippen LogP contribution is 2.23. The first kappa shape index (κ1) is 21.9. The topological polar surface area (TPSA) is 119 Å². The molecule has 1 atom stereocenters. The Hall–Kier alpha value is -2.82. The summed E-state index contributed by atoms with van der Waals surface area (Å²) in [5.74, 6) is -0.0795. The Balaban J connectivity index is 1.50. The van der Waals surface area contributed by atoms with E-state index in [1.165, 1.54) is 18.2 Å². The summed E-state index contributed by atoms with van der Waals surface area (Å²) in [6.45, 7) is 1.39. The number of morpholine rings is 1. The number of sulfonamides is 1. The van der Waals surface area contributed by atoms with Crippen LogP contribution in [-0.4, -0.2) is 50.4 Å². The maximum Gasteiger partial charge on any atom is 0.289 e. The van der Waals surface area contributed by atoms with E-state index in [0.717, 1.165) is 11.6 Å². The van der Waals surface area contributed by atoms with Gasteiger partial charge in [-0.1, -0.05) is 42.5 Å². The summed E-state index contributed by atoms with van der Waals surface area (Å²) in [5, 5.41) is 11.0. The number of benzene rings is 2. The van der Waals surface area contributed by atoms with E-state index in [4.69, 9.17) is 4.74 Å². The SMILES string of the molecule is O=C(CCCNS(=O)(=O)c1ccccc1[N+](=O)[O-])N1CCOC(c2ccccc2)C1. The molecular weight excluding hydrogens is 410 g/mol. The van der Waals surface area contributed by atoms with Gasteiger partial charge in [-0.25, -0.2) is 13.1 Å². The molecule has 2 aromatic rings. The summed E-state index contributed by atoms with van der Waals surface area (Å²) in [6, 6.07) is 14.8. The van der Waals surface area contributed by atoms with Crippen molar-refractivity contribution in [2.24, 2.45) is 0 Å². The third kappa shape index (κ3) is 5.41. The Kier molecular flexibility index (Phi) is 7.14. The number of amides is 1. The number of nitro benzene ring substituents is 1. The summed E-state index contributed by atoms with van der Waals surface area (Å²) in [7, 11) is -4.04. The van der Waals surface area contributed by atoms with Crippen molar-refractivity contribution < 1.29 is 22.9 Å². The van der Waals surface area contributed by atoms with Gasteiger partial charge in [0.25, 0.3) is 5.69 Å². The predicted octanol–water partition coefficient (Wildman–Crippen LogP) is 2.25. The number of hydrogen-bond donors (Lipinski definition) is 1. The summed E-state index contributed by atoms with van der Waals surface area (Å²) >= 11 is 0. The Morgan fingerprint density at radius 3 is 2.60 bits per heavy atom. The average molecular weight is 433 g/mol. The molecule has 1 amide bonds. The largest absolute Gasteiger partial charge is 0.370 e. The van der Waals surface area contributed by atoms with Gasteiger partial charge >= 0.3 is 0 Å². The molecule has 1 fully saturated rings. The second-order valence-corrected chi connectivity index (χ2v) is 8.57. The molecule has 0 spiro atoms. The van der Waals surface area contributed by atoms with Crippen LogP contribution in [0.3, 0.4) is 0 Å². The molecule has 1 aliphatic heterocycles. The van der Waals surface area contributed by atoms with Crippen LogP contribution < -0.4 is 4.72 Å². The fourth-order valence-corrected chi connectivity index (χ4v) is 4.51. The molecule has 0 radical (unpaired) electrons. The van der Waals surface area contributed by atoms with Crippen molar-refractivity contribution in [1.29, 1.82) is 0 Å². The van der Waals surface area contributed by atoms with Crippen LogP contribution >= 0.6 is 0 Å². The van der Waals surface area contributed by atoms with E-state index >= 15 is 0 Å². The highest BCUT2D eigenvalue weighted by atomic mass is 32.2. The number of carbonyl (C=O) groups is 1. The molecule has 1 saturated heterocycles. The van der Waals surface area contributed by atoms with E-state index < -0.39 is 20.6 Å². The van der Waals surface area contributed by atoms with Crippen LogP contribution in [0.15, 0.2) is 59.5 Å². The molecule has 1 N–H and O–H groups in total. The van der Waals surface area contributed by atoms with Crippen LogP contribution in [0.4, 0.5) is 5.69 Å². The molecule has 3 rings (SSSR count). The number of nitrogens with zero attached hydrogens (tertiary/aromatic N) is 2. The van der Waals surface area contributed by atoms with Gasteiger partial charge in [0, 0.05) is 25.6 Å². The fourth-order valence-electron chi connectivity index (χ4n) is 3.26. The summed E-state index contributed by atoms with van der Waals surface area (Å²) in [6.07, 6.45) is 0.272. The van der Waals surface area contributed by atoms with Gasteiger partial charge in [-0.15, -0.1) is 0 Å². The van der Waals surface area contributed by atoms with Crippen LogP contribution in [0, 0.1) is 10.1 Å². The van der Waals surface area contributed by atoms with E-state index in [2.05, 4.69) is 4.72 Å². The van der Waals surface area contributed by atoms with E-state index in [-0.39, 0.29) is 36.3 Å². The van der Waals surface area contributed by atoms with Crippen molar-refractivity contribution in [3.05, 3.63) is 70.3 Å². The Labute approximate surface area is 174 Å². The lowest BCUT2D eigenvalue weighted by Crippen LogP contribution is -2.42. The number of nitrogens with one attached hydrogen (secondary N) is 1. The second kappa shape index (κ2) is 9.79. The lowest BCUT2D eigenvalue weighted by Gasteiger charge is -2.33. The zero-order valence-electron chi connectivity index (χ0n) is 16.3. The van der Waals surface area contributed by atoms with Crippen molar-refractivity contribution in [2.75, 3.05) is 26.2 Å². The van der Waals surface area contributed by atoms with Gasteiger partial charge in [0.2, 0.25) is 15.9 Å². The van der Waals surface area contributed by atoms with Gasteiger partial charge in [0.15, 0.2) is 4.90 Å². The monoisotopic (exact) mass is 433 g/mol. The average Bonchev–Trinajstić information content (AvgIpc) is 2.77. The van der Waals surface area contributed by atoms with Crippen LogP contribution in [0.25, 0.3) is 0 Å². The Bertz CT molecular complexity index is 997. The molecule has 1 aliphatic rings. The Morgan fingerprint density at radius 2 is 1.87 bits per heavy atom. The summed E-state index contributed by atoms with van der Waals surface area (Å²) < 4.78 is 32.8. The van der Waals surface area contributed by atoms with Gasteiger partial charge in [-0.3, -0.25) is 14.9 Å². The minimum absolute atomic E-state index is 0.00652. The number of carbonyl (C=O) groups excluding carboxylic acids is 1. The summed E-state index contributed by atoms with van der Waals surface area (Å²) in [4.78, 5) is 24.2. The first-order valence-corrected chi connectivity index (χ1v) is 11.0. The van der Waals surface area contributed by atoms with Crippen molar-refractivity contribution in [1.82, 2.24) is 9.62 Å². The van der Waals surface area contributed by atoms with E-state index in [9.17, 15) is 23.3 Å². The fraction of sp³-hybridized carbons (Fsp3) is 0.350.